The van der Waals surface area contributed by atoms with Crippen molar-refractivity contribution in [1.29, 1.82) is 0 Å². The van der Waals surface area contributed by atoms with Crippen molar-refractivity contribution in [3.8, 4) is 0 Å². The van der Waals surface area contributed by atoms with E-state index in [-0.39, 0.29) is 11.5 Å². The average molecular weight is 199 g/mol. The summed E-state index contributed by atoms with van der Waals surface area (Å²) >= 11 is 0. The molecule has 2 heteroatoms. The summed E-state index contributed by atoms with van der Waals surface area (Å²) in [5.74, 6) is 1.21. The number of hydrogen-bond donors (Lipinski definition) is 1. The highest BCUT2D eigenvalue weighted by atomic mass is 16.1. The van der Waals surface area contributed by atoms with Gasteiger partial charge in [0.2, 0.25) is 0 Å². The summed E-state index contributed by atoms with van der Waals surface area (Å²) in [6.45, 7) is 12.4. The molecule has 0 aromatic rings. The Morgan fingerprint density at radius 2 is 1.57 bits per heavy atom. The van der Waals surface area contributed by atoms with Crippen molar-refractivity contribution in [2.75, 3.05) is 7.05 Å². The Hall–Kier alpha value is -0.370. The molecule has 0 radical (unpaired) electrons. The molecule has 0 aromatic carbocycles. The zero-order valence-electron chi connectivity index (χ0n) is 10.6. The van der Waals surface area contributed by atoms with Crippen LogP contribution in [0.25, 0.3) is 0 Å². The van der Waals surface area contributed by atoms with E-state index >= 15 is 0 Å². The van der Waals surface area contributed by atoms with Gasteiger partial charge in [-0.15, -0.1) is 0 Å². The maximum Gasteiger partial charge on any atom is 0.155 e. The van der Waals surface area contributed by atoms with E-state index in [9.17, 15) is 4.79 Å². The van der Waals surface area contributed by atoms with Gasteiger partial charge >= 0.3 is 0 Å². The van der Waals surface area contributed by atoms with E-state index in [2.05, 4.69) is 26.1 Å². The lowest BCUT2D eigenvalue weighted by molar-refractivity contribution is -0.129. The maximum atomic E-state index is 12.1. The van der Waals surface area contributed by atoms with Gasteiger partial charge in [0.1, 0.15) is 0 Å². The first-order valence-electron chi connectivity index (χ1n) is 5.43. The van der Waals surface area contributed by atoms with Gasteiger partial charge in [-0.25, -0.2) is 0 Å². The number of carbonyl (C=O) groups is 1. The Bertz CT molecular complexity index is 191. The summed E-state index contributed by atoms with van der Waals surface area (Å²) in [6, 6.07) is -0.0185. The quantitative estimate of drug-likeness (QED) is 0.753. The molecule has 0 rings (SSSR count). The second-order valence-electron chi connectivity index (χ2n) is 5.48. The normalized spacial score (nSPS) is 16.9. The van der Waals surface area contributed by atoms with Crippen molar-refractivity contribution in [2.24, 2.45) is 17.3 Å². The van der Waals surface area contributed by atoms with Crippen molar-refractivity contribution in [1.82, 2.24) is 5.32 Å². The second kappa shape index (κ2) is 4.92. The van der Waals surface area contributed by atoms with Crippen molar-refractivity contribution >= 4 is 5.78 Å². The summed E-state index contributed by atoms with van der Waals surface area (Å²) in [6.07, 6.45) is 0. The number of likely N-dealkylation sites (N-methyl/N-ethyl adjacent to an activating group) is 1. The van der Waals surface area contributed by atoms with Gasteiger partial charge in [-0.2, -0.15) is 0 Å². The largest absolute Gasteiger partial charge is 0.310 e. The molecule has 14 heavy (non-hydrogen) atoms. The third-order valence-electron chi connectivity index (χ3n) is 2.91. The Labute approximate surface area is 88.5 Å². The average Bonchev–Trinajstić information content (AvgIpc) is 2.03. The summed E-state index contributed by atoms with van der Waals surface area (Å²) in [5.41, 5.74) is -0.253. The lowest BCUT2D eigenvalue weighted by Gasteiger charge is -2.30. The molecule has 1 N–H and O–H groups in total. The molecule has 0 fully saturated rings. The predicted octanol–water partition coefficient (Wildman–Crippen LogP) is 2.48. The van der Waals surface area contributed by atoms with E-state index in [0.717, 1.165) is 0 Å². The molecular formula is C12H25NO. The van der Waals surface area contributed by atoms with Crippen LogP contribution < -0.4 is 5.32 Å². The maximum absolute atomic E-state index is 12.1. The molecule has 0 heterocycles. The monoisotopic (exact) mass is 199 g/mol. The van der Waals surface area contributed by atoms with Gasteiger partial charge < -0.3 is 5.32 Å². The Kier molecular flexibility index (Phi) is 4.79. The van der Waals surface area contributed by atoms with Gasteiger partial charge in [0.05, 0.1) is 6.04 Å². The van der Waals surface area contributed by atoms with Gasteiger partial charge in [0.25, 0.3) is 0 Å². The van der Waals surface area contributed by atoms with Crippen LogP contribution in [0.4, 0.5) is 0 Å². The van der Waals surface area contributed by atoms with Gasteiger partial charge in [-0.05, 0) is 18.9 Å². The third kappa shape index (κ3) is 3.41. The van der Waals surface area contributed by atoms with Crippen LogP contribution >= 0.6 is 0 Å². The van der Waals surface area contributed by atoms with Crippen LogP contribution in [-0.2, 0) is 4.79 Å². The molecule has 0 bridgehead atoms. The van der Waals surface area contributed by atoms with Crippen LogP contribution in [0.3, 0.4) is 0 Å². The summed E-state index contributed by atoms with van der Waals surface area (Å²) in [4.78, 5) is 12.1. The number of nitrogens with one attached hydrogen (secondary N) is 1. The smallest absolute Gasteiger partial charge is 0.155 e. The fourth-order valence-corrected chi connectivity index (χ4v) is 1.48. The summed E-state index contributed by atoms with van der Waals surface area (Å²) in [7, 11) is 1.87. The number of rotatable bonds is 4. The van der Waals surface area contributed by atoms with Crippen LogP contribution in [0.2, 0.25) is 0 Å². The summed E-state index contributed by atoms with van der Waals surface area (Å²) in [5, 5.41) is 3.14. The van der Waals surface area contributed by atoms with Crippen molar-refractivity contribution in [3.05, 3.63) is 0 Å². The molecule has 0 aliphatic rings. The van der Waals surface area contributed by atoms with Crippen LogP contribution in [0, 0.1) is 17.3 Å². The first kappa shape index (κ1) is 13.6. The standard InChI is InChI=1S/C12H25NO/c1-8(2)9(3)10(13-7)11(14)12(4,5)6/h8-10,13H,1-7H3/t9-,10-/m0/s1. The molecule has 0 saturated carbocycles. The number of hydrogen-bond acceptors (Lipinski definition) is 2. The second-order valence-corrected chi connectivity index (χ2v) is 5.48. The highest BCUT2D eigenvalue weighted by Crippen LogP contribution is 2.23. The number of ketones is 1. The Morgan fingerprint density at radius 3 is 1.79 bits per heavy atom. The zero-order chi connectivity index (χ0) is 11.5. The highest BCUT2D eigenvalue weighted by molar-refractivity contribution is 5.88. The molecule has 0 amide bonds. The predicted molar refractivity (Wildman–Crippen MR) is 61.3 cm³/mol. The molecule has 0 aliphatic carbocycles. The van der Waals surface area contributed by atoms with E-state index in [1.165, 1.54) is 0 Å². The first-order chi connectivity index (χ1) is 6.21. The van der Waals surface area contributed by atoms with Crippen molar-refractivity contribution < 1.29 is 4.79 Å². The third-order valence-corrected chi connectivity index (χ3v) is 2.91. The molecule has 0 spiro atoms. The lowest BCUT2D eigenvalue weighted by atomic mass is 9.78. The van der Waals surface area contributed by atoms with Crippen LogP contribution in [0.5, 0.6) is 0 Å². The van der Waals surface area contributed by atoms with E-state index in [1.54, 1.807) is 0 Å². The van der Waals surface area contributed by atoms with Gasteiger partial charge in [0, 0.05) is 5.41 Å². The molecule has 0 aromatic heterocycles. The molecule has 2 atom stereocenters. The Morgan fingerprint density at radius 1 is 1.14 bits per heavy atom. The van der Waals surface area contributed by atoms with E-state index in [0.29, 0.717) is 17.6 Å². The van der Waals surface area contributed by atoms with Gasteiger partial charge in [-0.3, -0.25) is 4.79 Å². The highest BCUT2D eigenvalue weighted by Gasteiger charge is 2.32. The van der Waals surface area contributed by atoms with E-state index < -0.39 is 0 Å². The molecule has 2 nitrogen and oxygen atoms in total. The van der Waals surface area contributed by atoms with Crippen LogP contribution in [0.15, 0.2) is 0 Å². The summed E-state index contributed by atoms with van der Waals surface area (Å²) < 4.78 is 0. The SMILES string of the molecule is CN[C@H](C(=O)C(C)(C)C)[C@@H](C)C(C)C. The van der Waals surface area contributed by atoms with E-state index in [1.807, 2.05) is 27.8 Å². The van der Waals surface area contributed by atoms with Gasteiger partial charge in [0.15, 0.2) is 5.78 Å². The first-order valence-corrected chi connectivity index (χ1v) is 5.43. The fraction of sp³-hybridized carbons (Fsp3) is 0.917. The van der Waals surface area contributed by atoms with Gasteiger partial charge in [-0.1, -0.05) is 41.5 Å². The fourth-order valence-electron chi connectivity index (χ4n) is 1.48. The number of Topliss-reactive ketones (excluding diaryl/α,β-unsaturated/α-hetero) is 1. The minimum absolute atomic E-state index is 0.0185. The number of carbonyl (C=O) groups excluding carboxylic acids is 1. The minimum atomic E-state index is -0.253. The van der Waals surface area contributed by atoms with Crippen LogP contribution in [-0.4, -0.2) is 18.9 Å². The van der Waals surface area contributed by atoms with E-state index in [4.69, 9.17) is 0 Å². The van der Waals surface area contributed by atoms with Crippen LogP contribution in [0.1, 0.15) is 41.5 Å². The minimum Gasteiger partial charge on any atom is -0.310 e. The topological polar surface area (TPSA) is 29.1 Å². The molecule has 84 valence electrons. The molecule has 0 unspecified atom stereocenters. The lowest BCUT2D eigenvalue weighted by Crippen LogP contribution is -2.46. The Balaban J connectivity index is 4.65. The molecular weight excluding hydrogens is 174 g/mol. The molecule has 0 saturated heterocycles. The van der Waals surface area contributed by atoms with Crippen molar-refractivity contribution in [2.45, 2.75) is 47.6 Å². The molecule has 0 aliphatic heterocycles. The zero-order valence-corrected chi connectivity index (χ0v) is 10.6. The van der Waals surface area contributed by atoms with Crippen molar-refractivity contribution in [3.63, 3.8) is 0 Å².